The van der Waals surface area contributed by atoms with Gasteiger partial charge in [-0.05, 0) is 45.0 Å². The molecule has 0 aliphatic carbocycles. The molecule has 0 spiro atoms. The van der Waals surface area contributed by atoms with Crippen molar-refractivity contribution in [2.24, 2.45) is 0 Å². The fourth-order valence-electron chi connectivity index (χ4n) is 5.74. The van der Waals surface area contributed by atoms with Gasteiger partial charge in [-0.25, -0.2) is 0 Å². The number of thioether (sulfide) groups is 1. The molecule has 1 amide bonds. The van der Waals surface area contributed by atoms with Crippen molar-refractivity contribution in [1.29, 1.82) is 0 Å². The van der Waals surface area contributed by atoms with E-state index in [0.29, 0.717) is 25.3 Å². The minimum Gasteiger partial charge on any atom is -0.394 e. The lowest BCUT2D eigenvalue weighted by atomic mass is 10.0. The Morgan fingerprint density at radius 2 is 1.72 bits per heavy atom. The van der Waals surface area contributed by atoms with Gasteiger partial charge >= 0.3 is 0 Å². The van der Waals surface area contributed by atoms with E-state index in [0.717, 1.165) is 47.1 Å². The van der Waals surface area contributed by atoms with Gasteiger partial charge in [-0.3, -0.25) is 14.4 Å². The SMILES string of the molecule is CSc1ccc(CN2CCc3c(c(C(=O)NCc4cccc5ccccc45)nn3CCO)C2)c2ccccc12. The number of hydrogen-bond donors (Lipinski definition) is 2. The first-order valence-corrected chi connectivity index (χ1v) is 14.6. The Bertz CT molecular complexity index is 1660. The predicted molar refractivity (Wildman–Crippen MR) is 158 cm³/mol. The smallest absolute Gasteiger partial charge is 0.272 e. The van der Waals surface area contributed by atoms with Crippen molar-refractivity contribution in [2.75, 3.05) is 19.4 Å². The van der Waals surface area contributed by atoms with Crippen molar-refractivity contribution < 1.29 is 9.90 Å². The summed E-state index contributed by atoms with van der Waals surface area (Å²) in [5.74, 6) is -0.174. The van der Waals surface area contributed by atoms with Crippen LogP contribution in [0.1, 0.15) is 32.9 Å². The Kier molecular flexibility index (Phi) is 7.37. The maximum atomic E-state index is 13.5. The van der Waals surface area contributed by atoms with E-state index in [1.54, 1.807) is 11.8 Å². The molecule has 7 heteroatoms. The zero-order valence-electron chi connectivity index (χ0n) is 22.1. The van der Waals surface area contributed by atoms with Crippen molar-refractivity contribution in [3.8, 4) is 0 Å². The highest BCUT2D eigenvalue weighted by molar-refractivity contribution is 7.98. The molecule has 1 aromatic heterocycles. The van der Waals surface area contributed by atoms with Crippen molar-refractivity contribution in [1.82, 2.24) is 20.0 Å². The van der Waals surface area contributed by atoms with Gasteiger partial charge in [0.05, 0.1) is 13.2 Å². The van der Waals surface area contributed by atoms with Crippen molar-refractivity contribution in [3.63, 3.8) is 0 Å². The molecule has 2 N–H and O–H groups in total. The first kappa shape index (κ1) is 25.6. The van der Waals surface area contributed by atoms with Crippen LogP contribution < -0.4 is 5.32 Å². The number of aromatic nitrogens is 2. The quantitative estimate of drug-likeness (QED) is 0.260. The van der Waals surface area contributed by atoms with Crippen LogP contribution in [0.4, 0.5) is 0 Å². The molecule has 1 aliphatic heterocycles. The third kappa shape index (κ3) is 5.05. The van der Waals surface area contributed by atoms with Gasteiger partial charge in [0, 0.05) is 48.8 Å². The highest BCUT2D eigenvalue weighted by atomic mass is 32.2. The highest BCUT2D eigenvalue weighted by Gasteiger charge is 2.28. The second kappa shape index (κ2) is 11.2. The van der Waals surface area contributed by atoms with Crippen molar-refractivity contribution in [2.45, 2.75) is 37.5 Å². The summed E-state index contributed by atoms with van der Waals surface area (Å²) in [7, 11) is 0. The van der Waals surface area contributed by atoms with Crippen LogP contribution in [0.5, 0.6) is 0 Å². The van der Waals surface area contributed by atoms with E-state index < -0.39 is 0 Å². The van der Waals surface area contributed by atoms with Crippen LogP contribution in [-0.4, -0.2) is 45.1 Å². The van der Waals surface area contributed by atoms with E-state index in [1.165, 1.54) is 21.2 Å². The number of aliphatic hydroxyl groups is 1. The standard InChI is InChI=1S/C32H32N4O2S/c1-39-30-14-13-24(26-11-4-5-12-27(26)30)20-35-16-15-29-28(21-35)31(34-36(29)17-18-37)32(38)33-19-23-9-6-8-22-7-2-3-10-25(22)23/h2-14,37H,15-21H2,1H3,(H,33,38). The van der Waals surface area contributed by atoms with Gasteiger partial charge < -0.3 is 10.4 Å². The van der Waals surface area contributed by atoms with Gasteiger partial charge in [-0.15, -0.1) is 11.8 Å². The van der Waals surface area contributed by atoms with E-state index in [2.05, 4.69) is 82.2 Å². The van der Waals surface area contributed by atoms with E-state index >= 15 is 0 Å². The molecule has 198 valence electrons. The zero-order chi connectivity index (χ0) is 26.8. The van der Waals surface area contributed by atoms with Gasteiger partial charge in [-0.1, -0.05) is 72.8 Å². The number of hydrogen-bond acceptors (Lipinski definition) is 5. The summed E-state index contributed by atoms with van der Waals surface area (Å²) in [6.45, 7) is 3.13. The number of carbonyl (C=O) groups excluding carboxylic acids is 1. The van der Waals surface area contributed by atoms with Gasteiger partial charge in [0.1, 0.15) is 0 Å². The van der Waals surface area contributed by atoms with Crippen LogP contribution in [0.3, 0.4) is 0 Å². The van der Waals surface area contributed by atoms with Crippen LogP contribution >= 0.6 is 11.8 Å². The van der Waals surface area contributed by atoms with E-state index in [9.17, 15) is 9.90 Å². The molecular weight excluding hydrogens is 504 g/mol. The molecular formula is C32H32N4O2S. The number of carbonyl (C=O) groups is 1. The summed E-state index contributed by atoms with van der Waals surface area (Å²) in [5.41, 5.74) is 4.85. The fraction of sp³-hybridized carbons (Fsp3) is 0.250. The van der Waals surface area contributed by atoms with Crippen LogP contribution in [0, 0.1) is 0 Å². The lowest BCUT2D eigenvalue weighted by Crippen LogP contribution is -2.32. The van der Waals surface area contributed by atoms with Gasteiger partial charge in [-0.2, -0.15) is 5.10 Å². The molecule has 0 fully saturated rings. The molecule has 4 aromatic carbocycles. The van der Waals surface area contributed by atoms with E-state index in [1.807, 2.05) is 22.9 Å². The van der Waals surface area contributed by atoms with Crippen LogP contribution in [-0.2, 0) is 32.6 Å². The first-order valence-electron chi connectivity index (χ1n) is 13.4. The third-order valence-corrected chi connectivity index (χ3v) is 8.44. The summed E-state index contributed by atoms with van der Waals surface area (Å²) < 4.78 is 1.82. The van der Waals surface area contributed by atoms with E-state index in [-0.39, 0.29) is 12.5 Å². The van der Waals surface area contributed by atoms with Crippen LogP contribution in [0.15, 0.2) is 83.8 Å². The van der Waals surface area contributed by atoms with Gasteiger partial charge in [0.25, 0.3) is 5.91 Å². The Labute approximate surface area is 232 Å². The summed E-state index contributed by atoms with van der Waals surface area (Å²) in [4.78, 5) is 17.2. The van der Waals surface area contributed by atoms with Crippen molar-refractivity contribution >= 4 is 39.2 Å². The number of amides is 1. The molecule has 0 saturated heterocycles. The fourth-order valence-corrected chi connectivity index (χ4v) is 6.34. The molecule has 0 atom stereocenters. The topological polar surface area (TPSA) is 70.4 Å². The average molecular weight is 537 g/mol. The number of aliphatic hydroxyl groups excluding tert-OH is 1. The summed E-state index contributed by atoms with van der Waals surface area (Å²) >= 11 is 1.77. The normalized spacial score (nSPS) is 13.6. The molecule has 39 heavy (non-hydrogen) atoms. The first-order chi connectivity index (χ1) is 19.2. The largest absolute Gasteiger partial charge is 0.394 e. The maximum absolute atomic E-state index is 13.5. The molecule has 2 heterocycles. The van der Waals surface area contributed by atoms with Gasteiger partial charge in [0.2, 0.25) is 0 Å². The molecule has 0 saturated carbocycles. The molecule has 5 aromatic rings. The molecule has 6 rings (SSSR count). The third-order valence-electron chi connectivity index (χ3n) is 7.65. The highest BCUT2D eigenvalue weighted by Crippen LogP contribution is 2.31. The maximum Gasteiger partial charge on any atom is 0.272 e. The molecule has 6 nitrogen and oxygen atoms in total. The minimum absolute atomic E-state index is 0.0112. The number of nitrogens with zero attached hydrogens (tertiary/aromatic N) is 3. The van der Waals surface area contributed by atoms with Crippen molar-refractivity contribution in [3.05, 3.63) is 107 Å². The van der Waals surface area contributed by atoms with Crippen LogP contribution in [0.25, 0.3) is 21.5 Å². The summed E-state index contributed by atoms with van der Waals surface area (Å²) in [6, 6.07) is 27.4. The summed E-state index contributed by atoms with van der Waals surface area (Å²) in [5, 5.41) is 22.3. The second-order valence-corrected chi connectivity index (χ2v) is 10.8. The molecule has 0 bridgehead atoms. The average Bonchev–Trinajstić information content (AvgIpc) is 3.34. The molecule has 1 aliphatic rings. The number of nitrogens with one attached hydrogen (secondary N) is 1. The zero-order valence-corrected chi connectivity index (χ0v) is 22.9. The Morgan fingerprint density at radius 1 is 0.949 bits per heavy atom. The monoisotopic (exact) mass is 536 g/mol. The Morgan fingerprint density at radius 3 is 2.54 bits per heavy atom. The van der Waals surface area contributed by atoms with E-state index in [4.69, 9.17) is 0 Å². The second-order valence-electron chi connectivity index (χ2n) is 9.97. The minimum atomic E-state index is -0.174. The Balaban J connectivity index is 1.25. The van der Waals surface area contributed by atoms with Crippen LogP contribution in [0.2, 0.25) is 0 Å². The van der Waals surface area contributed by atoms with Gasteiger partial charge in [0.15, 0.2) is 5.69 Å². The molecule has 0 radical (unpaired) electrons. The number of rotatable bonds is 8. The Hall–Kier alpha value is -3.65. The lowest BCUT2D eigenvalue weighted by Gasteiger charge is -2.28. The predicted octanol–water partition coefficient (Wildman–Crippen LogP) is 5.39. The number of fused-ring (bicyclic) bond motifs is 3. The molecule has 0 unspecified atom stereocenters. The summed E-state index contributed by atoms with van der Waals surface area (Å²) in [6.07, 6.45) is 2.91. The lowest BCUT2D eigenvalue weighted by molar-refractivity contribution is 0.0942. The number of benzene rings is 4.